The van der Waals surface area contributed by atoms with Gasteiger partial charge in [0.05, 0.1) is 12.3 Å². The molecule has 1 aliphatic heterocycles. The predicted molar refractivity (Wildman–Crippen MR) is 155 cm³/mol. The molecule has 1 aromatic carbocycles. The molecule has 2 aromatic rings. The van der Waals surface area contributed by atoms with Gasteiger partial charge in [-0.05, 0) is 56.1 Å². The maximum atomic E-state index is 13.5. The zero-order valence-electron chi connectivity index (χ0n) is 23.4. The molecule has 3 rings (SSSR count). The number of aromatic nitrogens is 1. The van der Waals surface area contributed by atoms with E-state index in [9.17, 15) is 19.2 Å². The highest BCUT2D eigenvalue weighted by Crippen LogP contribution is 2.31. The Kier molecular flexibility index (Phi) is 11.9. The number of carbonyl (C=O) groups excluding carboxylic acids is 4. The Bertz CT molecular complexity index is 1170. The first-order valence-corrected chi connectivity index (χ1v) is 15.1. The summed E-state index contributed by atoms with van der Waals surface area (Å²) in [5.74, 6) is -2.15. The molecule has 3 amide bonds. The first-order chi connectivity index (χ1) is 19.2. The number of benzene rings is 1. The number of imide groups is 1. The number of amides is 3. The summed E-state index contributed by atoms with van der Waals surface area (Å²) in [7, 11) is 0. The Morgan fingerprint density at radius 3 is 2.27 bits per heavy atom. The van der Waals surface area contributed by atoms with E-state index in [1.165, 1.54) is 70.9 Å². The van der Waals surface area contributed by atoms with Gasteiger partial charge in [-0.15, -0.1) is 0 Å². The van der Waals surface area contributed by atoms with Crippen molar-refractivity contribution in [2.24, 2.45) is 0 Å². The van der Waals surface area contributed by atoms with Crippen molar-refractivity contribution in [2.45, 2.75) is 96.6 Å². The molecule has 1 atom stereocenters. The van der Waals surface area contributed by atoms with E-state index in [1.807, 2.05) is 0 Å². The molecule has 0 spiro atoms. The van der Waals surface area contributed by atoms with Crippen molar-refractivity contribution in [3.63, 3.8) is 0 Å². The van der Waals surface area contributed by atoms with Crippen LogP contribution in [0.5, 0.6) is 5.75 Å². The lowest BCUT2D eigenvalue weighted by Crippen LogP contribution is -2.53. The fraction of sp³-hybridized carbons (Fsp3) is 0.552. The van der Waals surface area contributed by atoms with Crippen molar-refractivity contribution < 1.29 is 28.7 Å². The number of nitrogens with one attached hydrogen (secondary N) is 1. The Balaban J connectivity index is 1.63. The van der Waals surface area contributed by atoms with Crippen molar-refractivity contribution in [2.75, 3.05) is 11.9 Å². The second kappa shape index (κ2) is 15.1. The number of ketones is 1. The van der Waals surface area contributed by atoms with E-state index in [0.717, 1.165) is 30.8 Å². The van der Waals surface area contributed by atoms with Crippen LogP contribution in [0.15, 0.2) is 29.6 Å². The van der Waals surface area contributed by atoms with E-state index in [-0.39, 0.29) is 11.4 Å². The van der Waals surface area contributed by atoms with Crippen LogP contribution in [-0.4, -0.2) is 51.2 Å². The molecule has 2 heterocycles. The van der Waals surface area contributed by atoms with Crippen LogP contribution in [0.1, 0.15) is 95.5 Å². The minimum absolute atomic E-state index is 0.0426. The highest BCUT2D eigenvalue weighted by Gasteiger charge is 2.54. The third kappa shape index (κ3) is 8.51. The Hall–Kier alpha value is -2.98. The second-order valence-electron chi connectivity index (χ2n) is 10.4. The number of Topliss-reactive ketones (excluding diaryl/α,β-unsaturated/α-hetero) is 1. The summed E-state index contributed by atoms with van der Waals surface area (Å²) < 4.78 is 15.1. The highest BCUT2D eigenvalue weighted by molar-refractivity contribution is 7.03. The van der Waals surface area contributed by atoms with Gasteiger partial charge in [0.15, 0.2) is 11.6 Å². The van der Waals surface area contributed by atoms with Crippen molar-refractivity contribution in [3.8, 4) is 5.75 Å². The van der Waals surface area contributed by atoms with Gasteiger partial charge in [-0.1, -0.05) is 76.3 Å². The van der Waals surface area contributed by atoms with Crippen LogP contribution in [0.25, 0.3) is 0 Å². The van der Waals surface area contributed by atoms with Crippen LogP contribution in [0.3, 0.4) is 0 Å². The number of cyclic esters (lactones) is 1. The zero-order chi connectivity index (χ0) is 29.1. The molecular weight excluding hydrogens is 554 g/mol. The molecule has 1 saturated heterocycles. The normalized spacial score (nSPS) is 15.2. The van der Waals surface area contributed by atoms with Gasteiger partial charge in [-0.25, -0.2) is 9.69 Å². The molecule has 9 nitrogen and oxygen atoms in total. The Morgan fingerprint density at radius 2 is 1.70 bits per heavy atom. The van der Waals surface area contributed by atoms with E-state index in [2.05, 4.69) is 16.6 Å². The minimum Gasteiger partial charge on any atom is -0.491 e. The SMILES string of the molecule is CCCCCCCCCCCCOc1ccc(Cl)cc1NC(=O)C(C(=O)c1ccsn1)N1C(=O)OC(C)(C)C1=O. The monoisotopic (exact) mass is 591 g/mol. The summed E-state index contributed by atoms with van der Waals surface area (Å²) in [6.45, 7) is 5.45. The number of carbonyl (C=O) groups is 4. The molecule has 0 saturated carbocycles. The maximum absolute atomic E-state index is 13.5. The molecule has 0 aliphatic carbocycles. The summed E-state index contributed by atoms with van der Waals surface area (Å²) in [5.41, 5.74) is -1.34. The van der Waals surface area contributed by atoms with Crippen LogP contribution >= 0.6 is 23.1 Å². The smallest absolute Gasteiger partial charge is 0.418 e. The van der Waals surface area contributed by atoms with Crippen molar-refractivity contribution in [3.05, 3.63) is 40.4 Å². The third-order valence-corrected chi connectivity index (χ3v) is 7.47. The van der Waals surface area contributed by atoms with Gasteiger partial charge in [0.2, 0.25) is 5.78 Å². The third-order valence-electron chi connectivity index (χ3n) is 6.67. The van der Waals surface area contributed by atoms with Gasteiger partial charge in [-0.3, -0.25) is 14.4 Å². The molecule has 1 N–H and O–H groups in total. The van der Waals surface area contributed by atoms with Crippen LogP contribution in [0, 0.1) is 0 Å². The van der Waals surface area contributed by atoms with E-state index in [4.69, 9.17) is 21.1 Å². The van der Waals surface area contributed by atoms with Crippen molar-refractivity contribution in [1.29, 1.82) is 0 Å². The van der Waals surface area contributed by atoms with Crippen LogP contribution in [0.4, 0.5) is 10.5 Å². The first kappa shape index (κ1) is 31.5. The number of anilines is 1. The second-order valence-corrected chi connectivity index (χ2v) is 11.5. The van der Waals surface area contributed by atoms with Crippen molar-refractivity contribution in [1.82, 2.24) is 9.27 Å². The molecule has 40 heavy (non-hydrogen) atoms. The largest absolute Gasteiger partial charge is 0.491 e. The molecular formula is C29H38ClN3O6S. The van der Waals surface area contributed by atoms with Crippen LogP contribution in [-0.2, 0) is 14.3 Å². The van der Waals surface area contributed by atoms with Gasteiger partial charge >= 0.3 is 6.09 Å². The first-order valence-electron chi connectivity index (χ1n) is 13.9. The fourth-order valence-corrected chi connectivity index (χ4v) is 5.13. The molecule has 11 heteroatoms. The molecule has 1 unspecified atom stereocenters. The fourth-order valence-electron chi connectivity index (χ4n) is 4.44. The standard InChI is InChI=1S/C29H38ClN3O6S/c1-4-5-6-7-8-9-10-11-12-13-17-38-23-15-14-20(30)19-22(23)31-26(35)24(25(34)21-16-18-40-32-21)33-27(36)29(2,3)39-28(33)37/h14-16,18-19,24H,4-13,17H2,1-3H3,(H,31,35). The average molecular weight is 592 g/mol. The van der Waals surface area contributed by atoms with Gasteiger partial charge in [0.1, 0.15) is 11.4 Å². The van der Waals surface area contributed by atoms with Gasteiger partial charge in [0.25, 0.3) is 11.8 Å². The van der Waals surface area contributed by atoms with Crippen molar-refractivity contribution >= 4 is 52.5 Å². The Labute approximate surface area is 244 Å². The average Bonchev–Trinajstić information content (AvgIpc) is 3.51. The van der Waals surface area contributed by atoms with Crippen LogP contribution < -0.4 is 10.1 Å². The van der Waals surface area contributed by atoms with Crippen LogP contribution in [0.2, 0.25) is 5.02 Å². The van der Waals surface area contributed by atoms with E-state index in [1.54, 1.807) is 17.5 Å². The van der Waals surface area contributed by atoms with Gasteiger partial charge < -0.3 is 14.8 Å². The topological polar surface area (TPSA) is 115 Å². The molecule has 1 fully saturated rings. The number of rotatable bonds is 17. The lowest BCUT2D eigenvalue weighted by molar-refractivity contribution is -0.137. The van der Waals surface area contributed by atoms with E-state index < -0.39 is 35.3 Å². The number of halogens is 1. The summed E-state index contributed by atoms with van der Waals surface area (Å²) >= 11 is 7.20. The minimum atomic E-state index is -1.82. The number of hydrogen-bond acceptors (Lipinski definition) is 8. The van der Waals surface area contributed by atoms with E-state index >= 15 is 0 Å². The summed E-state index contributed by atoms with van der Waals surface area (Å²) in [4.78, 5) is 52.9. The summed E-state index contributed by atoms with van der Waals surface area (Å²) in [6.07, 6.45) is 10.9. The zero-order valence-corrected chi connectivity index (χ0v) is 24.9. The Morgan fingerprint density at radius 1 is 1.05 bits per heavy atom. The lowest BCUT2D eigenvalue weighted by atomic mass is 10.0. The van der Waals surface area contributed by atoms with Gasteiger partial charge in [0, 0.05) is 10.4 Å². The lowest BCUT2D eigenvalue weighted by Gasteiger charge is -2.23. The molecule has 0 radical (unpaired) electrons. The number of ether oxygens (including phenoxy) is 2. The number of hydrogen-bond donors (Lipinski definition) is 1. The summed E-state index contributed by atoms with van der Waals surface area (Å²) in [5, 5.41) is 4.53. The molecule has 0 bridgehead atoms. The van der Waals surface area contributed by atoms with E-state index in [0.29, 0.717) is 22.3 Å². The number of nitrogens with zero attached hydrogens (tertiary/aromatic N) is 2. The maximum Gasteiger partial charge on any atom is 0.418 e. The predicted octanol–water partition coefficient (Wildman–Crippen LogP) is 7.04. The number of unbranched alkanes of at least 4 members (excludes halogenated alkanes) is 9. The molecule has 1 aromatic heterocycles. The van der Waals surface area contributed by atoms with Gasteiger partial charge in [-0.2, -0.15) is 4.37 Å². The highest BCUT2D eigenvalue weighted by atomic mass is 35.5. The molecule has 1 aliphatic rings. The summed E-state index contributed by atoms with van der Waals surface area (Å²) in [6, 6.07) is 4.35. The molecule has 218 valence electrons. The quantitative estimate of drug-likeness (QED) is 0.119.